The number of hydrogen-bond acceptors (Lipinski definition) is 2. The molecule has 0 amide bonds. The van der Waals surface area contributed by atoms with Crippen molar-refractivity contribution in [3.05, 3.63) is 30.3 Å². The first-order chi connectivity index (χ1) is 4.79. The van der Waals surface area contributed by atoms with Crippen LogP contribution in [0.3, 0.4) is 0 Å². The molecule has 1 rings (SSSR count). The lowest BCUT2D eigenvalue weighted by molar-refractivity contribution is 0.222. The van der Waals surface area contributed by atoms with Crippen LogP contribution in [0.5, 0.6) is 0 Å². The summed E-state index contributed by atoms with van der Waals surface area (Å²) in [4.78, 5) is 10.8. The molecular weight excluding hydrogens is 148 g/mol. The van der Waals surface area contributed by atoms with E-state index in [1.165, 1.54) is 0 Å². The molecule has 51 valence electrons. The van der Waals surface area contributed by atoms with Crippen molar-refractivity contribution in [1.29, 1.82) is 0 Å². The highest BCUT2D eigenvalue weighted by Gasteiger charge is 1.97. The van der Waals surface area contributed by atoms with Gasteiger partial charge in [0, 0.05) is 4.90 Å². The topological polar surface area (TPSA) is 37.3 Å². The van der Waals surface area contributed by atoms with Gasteiger partial charge in [0.2, 0.25) is 0 Å². The van der Waals surface area contributed by atoms with Crippen LogP contribution in [0.1, 0.15) is 0 Å². The molecule has 0 aliphatic rings. The zero-order valence-corrected chi connectivity index (χ0v) is 5.89. The summed E-state index contributed by atoms with van der Waals surface area (Å²) >= 11 is 0.795. The lowest BCUT2D eigenvalue weighted by Gasteiger charge is -1.91. The van der Waals surface area contributed by atoms with Crippen molar-refractivity contribution >= 4 is 17.1 Å². The monoisotopic (exact) mass is 153 g/mol. The number of carbonyl (C=O) groups is 1. The Balaban J connectivity index is 2.67. The first-order valence-electron chi connectivity index (χ1n) is 2.66. The van der Waals surface area contributed by atoms with Gasteiger partial charge in [-0.15, -0.1) is 0 Å². The molecule has 0 unspecified atom stereocenters. The average Bonchev–Trinajstić information content (AvgIpc) is 1.88. The van der Waals surface area contributed by atoms with Crippen LogP contribution in [-0.2, 0) is 0 Å². The predicted molar refractivity (Wildman–Crippen MR) is 39.2 cm³/mol. The molecule has 10 heavy (non-hydrogen) atoms. The molecule has 0 saturated carbocycles. The van der Waals surface area contributed by atoms with Crippen molar-refractivity contribution in [2.45, 2.75) is 4.90 Å². The molecule has 0 aliphatic carbocycles. The van der Waals surface area contributed by atoms with E-state index in [4.69, 9.17) is 5.11 Å². The molecule has 0 aliphatic heterocycles. The van der Waals surface area contributed by atoms with E-state index in [1.807, 2.05) is 0 Å². The van der Waals surface area contributed by atoms with Gasteiger partial charge in [0.05, 0.1) is 0 Å². The smallest absolute Gasteiger partial charge is 0.369 e. The van der Waals surface area contributed by atoms with Crippen molar-refractivity contribution in [1.82, 2.24) is 0 Å². The van der Waals surface area contributed by atoms with Gasteiger partial charge in [-0.3, -0.25) is 0 Å². The third-order valence-electron chi connectivity index (χ3n) is 0.893. The maximum Gasteiger partial charge on any atom is 0.369 e. The van der Waals surface area contributed by atoms with Crippen LogP contribution in [0.25, 0.3) is 0 Å². The Hall–Kier alpha value is -0.960. The highest BCUT2D eigenvalue weighted by molar-refractivity contribution is 8.13. The number of benzene rings is 1. The molecule has 0 bridgehead atoms. The molecule has 1 aromatic carbocycles. The normalized spacial score (nSPS) is 9.20. The maximum absolute atomic E-state index is 10.1. The Labute approximate surface area is 62.9 Å². The second-order valence-corrected chi connectivity index (χ2v) is 2.63. The van der Waals surface area contributed by atoms with Crippen LogP contribution in [0.4, 0.5) is 4.79 Å². The van der Waals surface area contributed by atoms with Crippen LogP contribution in [0.2, 0.25) is 0 Å². The molecule has 1 radical (unpaired) electrons. The molecule has 0 fully saturated rings. The van der Waals surface area contributed by atoms with Crippen molar-refractivity contribution < 1.29 is 9.90 Å². The Morgan fingerprint density at radius 3 is 2.60 bits per heavy atom. The molecule has 0 aromatic heterocycles. The van der Waals surface area contributed by atoms with Crippen molar-refractivity contribution in [2.75, 3.05) is 0 Å². The Morgan fingerprint density at radius 2 is 2.10 bits per heavy atom. The van der Waals surface area contributed by atoms with Crippen LogP contribution in [0.15, 0.2) is 29.2 Å². The Morgan fingerprint density at radius 1 is 1.50 bits per heavy atom. The SMILES string of the molecule is O=C(O)Sc1cc[c]cc1. The van der Waals surface area contributed by atoms with Crippen LogP contribution < -0.4 is 0 Å². The molecule has 3 heteroatoms. The summed E-state index contributed by atoms with van der Waals surface area (Å²) in [6.07, 6.45) is 0. The van der Waals surface area contributed by atoms with Crippen molar-refractivity contribution in [3.8, 4) is 0 Å². The van der Waals surface area contributed by atoms with Crippen LogP contribution >= 0.6 is 11.8 Å². The lowest BCUT2D eigenvalue weighted by atomic mass is 10.4. The molecule has 0 spiro atoms. The summed E-state index contributed by atoms with van der Waals surface area (Å²) in [5, 5.41) is 7.44. The fraction of sp³-hybridized carbons (Fsp3) is 0. The largest absolute Gasteiger partial charge is 0.473 e. The third kappa shape index (κ3) is 2.11. The third-order valence-corrected chi connectivity index (χ3v) is 1.58. The zero-order valence-electron chi connectivity index (χ0n) is 5.07. The van der Waals surface area contributed by atoms with Gasteiger partial charge in [0.15, 0.2) is 0 Å². The summed E-state index contributed by atoms with van der Waals surface area (Å²) < 4.78 is 0. The minimum Gasteiger partial charge on any atom is -0.473 e. The highest BCUT2D eigenvalue weighted by atomic mass is 32.2. The minimum absolute atomic E-state index is 0.728. The van der Waals surface area contributed by atoms with E-state index >= 15 is 0 Å². The molecule has 2 nitrogen and oxygen atoms in total. The molecule has 1 aromatic rings. The summed E-state index contributed by atoms with van der Waals surface area (Å²) in [6.45, 7) is 0. The number of hydrogen-bond donors (Lipinski definition) is 1. The van der Waals surface area contributed by atoms with Gasteiger partial charge in [-0.25, -0.2) is 4.79 Å². The molecule has 0 saturated heterocycles. The first kappa shape index (κ1) is 7.15. The fourth-order valence-electron chi connectivity index (χ4n) is 0.540. The van der Waals surface area contributed by atoms with Gasteiger partial charge in [0.1, 0.15) is 0 Å². The Kier molecular flexibility index (Phi) is 2.34. The summed E-state index contributed by atoms with van der Waals surface area (Å²) in [6, 6.07) is 9.59. The van der Waals surface area contributed by atoms with Crippen molar-refractivity contribution in [2.24, 2.45) is 0 Å². The van der Waals surface area contributed by atoms with Gasteiger partial charge >= 0.3 is 5.30 Å². The Bertz CT molecular complexity index is 220. The van der Waals surface area contributed by atoms with E-state index in [0.29, 0.717) is 0 Å². The van der Waals surface area contributed by atoms with Crippen LogP contribution in [0, 0.1) is 6.07 Å². The number of rotatable bonds is 1. The second-order valence-electron chi connectivity index (χ2n) is 1.60. The fourth-order valence-corrected chi connectivity index (χ4v) is 1.01. The van der Waals surface area contributed by atoms with Gasteiger partial charge < -0.3 is 5.11 Å². The van der Waals surface area contributed by atoms with E-state index in [9.17, 15) is 4.79 Å². The molecular formula is C7H5O2S. The zero-order chi connectivity index (χ0) is 7.40. The van der Waals surface area contributed by atoms with Gasteiger partial charge in [0.25, 0.3) is 0 Å². The van der Waals surface area contributed by atoms with E-state index < -0.39 is 5.30 Å². The number of carboxylic acid groups (broad SMARTS) is 1. The van der Waals surface area contributed by atoms with E-state index in [2.05, 4.69) is 6.07 Å². The number of thioether (sulfide) groups is 1. The summed E-state index contributed by atoms with van der Waals surface area (Å²) in [5.41, 5.74) is 0. The quantitative estimate of drug-likeness (QED) is 0.629. The van der Waals surface area contributed by atoms with Gasteiger partial charge in [-0.2, -0.15) is 0 Å². The standard InChI is InChI=1S/C7H5O2S/c8-7(9)10-6-4-2-1-3-5-6/h2-5H,(H,8,9). The molecule has 0 heterocycles. The van der Waals surface area contributed by atoms with Gasteiger partial charge in [-0.1, -0.05) is 12.1 Å². The van der Waals surface area contributed by atoms with Gasteiger partial charge in [-0.05, 0) is 30.0 Å². The average molecular weight is 153 g/mol. The van der Waals surface area contributed by atoms with E-state index in [0.717, 1.165) is 16.7 Å². The lowest BCUT2D eigenvalue weighted by Crippen LogP contribution is -1.81. The van der Waals surface area contributed by atoms with E-state index in [-0.39, 0.29) is 0 Å². The second kappa shape index (κ2) is 3.27. The first-order valence-corrected chi connectivity index (χ1v) is 3.47. The van der Waals surface area contributed by atoms with Crippen LogP contribution in [-0.4, -0.2) is 10.4 Å². The van der Waals surface area contributed by atoms with E-state index in [1.54, 1.807) is 24.3 Å². The predicted octanol–water partition coefficient (Wildman–Crippen LogP) is 2.26. The maximum atomic E-state index is 10.1. The molecule has 1 N–H and O–H groups in total. The van der Waals surface area contributed by atoms with Crippen molar-refractivity contribution in [3.63, 3.8) is 0 Å². The highest BCUT2D eigenvalue weighted by Crippen LogP contribution is 2.16. The summed E-state index contributed by atoms with van der Waals surface area (Å²) in [7, 11) is 0. The molecule has 0 atom stereocenters. The minimum atomic E-state index is -0.883. The summed E-state index contributed by atoms with van der Waals surface area (Å²) in [5.74, 6) is 0.